The van der Waals surface area contributed by atoms with Crippen LogP contribution in [0, 0.1) is 6.92 Å². The second-order valence-electron chi connectivity index (χ2n) is 6.12. The van der Waals surface area contributed by atoms with E-state index in [2.05, 4.69) is 24.4 Å². The lowest BCUT2D eigenvalue weighted by molar-refractivity contribution is 0.0680. The number of thiophene rings is 2. The van der Waals surface area contributed by atoms with Crippen molar-refractivity contribution in [1.29, 1.82) is 0 Å². The second-order valence-corrected chi connectivity index (χ2v) is 8.51. The summed E-state index contributed by atoms with van der Waals surface area (Å²) in [6.07, 6.45) is 0.863. The summed E-state index contributed by atoms with van der Waals surface area (Å²) in [5, 5.41) is 4.77. The number of carbonyl (C=O) groups excluding carboxylic acids is 1. The molecule has 1 aromatic carbocycles. The first kappa shape index (κ1) is 18.2. The van der Waals surface area contributed by atoms with Gasteiger partial charge in [0.05, 0.1) is 4.88 Å². The summed E-state index contributed by atoms with van der Waals surface area (Å²) in [6, 6.07) is 14.0. The topological polar surface area (TPSA) is 20.3 Å². The van der Waals surface area contributed by atoms with Crippen LogP contribution in [0.15, 0.2) is 53.2 Å². The summed E-state index contributed by atoms with van der Waals surface area (Å²) < 4.78 is 0. The van der Waals surface area contributed by atoms with E-state index in [1.54, 1.807) is 11.3 Å². The van der Waals surface area contributed by atoms with E-state index in [0.717, 1.165) is 22.4 Å². The maximum atomic E-state index is 13.2. The van der Waals surface area contributed by atoms with Crippen molar-refractivity contribution in [1.82, 2.24) is 4.90 Å². The number of aryl methyl sites for hydroxylation is 1. The quantitative estimate of drug-likeness (QED) is 0.502. The molecule has 1 unspecified atom stereocenters. The van der Waals surface area contributed by atoms with Crippen LogP contribution in [0.5, 0.6) is 0 Å². The van der Waals surface area contributed by atoms with Crippen molar-refractivity contribution in [2.75, 3.05) is 0 Å². The molecular weight excluding hydrogens is 370 g/mol. The molecule has 0 radical (unpaired) electrons. The van der Waals surface area contributed by atoms with E-state index in [0.29, 0.717) is 11.6 Å². The normalized spacial score (nSPS) is 12.1. The van der Waals surface area contributed by atoms with Gasteiger partial charge in [-0.3, -0.25) is 4.79 Å². The number of nitrogens with zero attached hydrogens (tertiary/aromatic N) is 1. The molecule has 0 aliphatic carbocycles. The molecule has 0 N–H and O–H groups in total. The van der Waals surface area contributed by atoms with Crippen LogP contribution in [0.3, 0.4) is 0 Å². The third-order valence-corrected chi connectivity index (χ3v) is 6.35. The summed E-state index contributed by atoms with van der Waals surface area (Å²) in [5.41, 5.74) is 2.13. The molecule has 2 nitrogen and oxygen atoms in total. The highest BCUT2D eigenvalue weighted by atomic mass is 35.5. The molecule has 5 heteroatoms. The van der Waals surface area contributed by atoms with Gasteiger partial charge in [0, 0.05) is 28.9 Å². The van der Waals surface area contributed by atoms with Gasteiger partial charge in [-0.15, -0.1) is 22.7 Å². The number of benzene rings is 1. The maximum absolute atomic E-state index is 13.2. The number of hydrogen-bond acceptors (Lipinski definition) is 3. The first-order chi connectivity index (χ1) is 12.0. The average molecular weight is 390 g/mol. The van der Waals surface area contributed by atoms with Crippen LogP contribution in [0.25, 0.3) is 0 Å². The molecule has 3 aromatic rings. The van der Waals surface area contributed by atoms with Crippen LogP contribution in [-0.4, -0.2) is 16.8 Å². The summed E-state index contributed by atoms with van der Waals surface area (Å²) in [6.45, 7) is 4.70. The highest BCUT2D eigenvalue weighted by Crippen LogP contribution is 2.23. The van der Waals surface area contributed by atoms with Crippen molar-refractivity contribution in [3.63, 3.8) is 0 Å². The molecular formula is C20H20ClNOS2. The van der Waals surface area contributed by atoms with Crippen molar-refractivity contribution in [2.45, 2.75) is 32.9 Å². The number of hydrogen-bond donors (Lipinski definition) is 0. The van der Waals surface area contributed by atoms with Crippen LogP contribution in [0.4, 0.5) is 0 Å². The standard InChI is InChI=1S/C20H20ClNOS2/c1-14-9-11-25-19(14)20(23)22(13-16-5-7-17(21)8-6-16)15(2)12-18-4-3-10-24-18/h3-11,15H,12-13H2,1-2H3. The zero-order valence-corrected chi connectivity index (χ0v) is 16.6. The summed E-state index contributed by atoms with van der Waals surface area (Å²) in [4.78, 5) is 17.3. The van der Waals surface area contributed by atoms with Gasteiger partial charge in [0.25, 0.3) is 5.91 Å². The Hall–Kier alpha value is -1.62. The third kappa shape index (κ3) is 4.51. The van der Waals surface area contributed by atoms with E-state index in [9.17, 15) is 4.79 Å². The lowest BCUT2D eigenvalue weighted by Crippen LogP contribution is -2.39. The Morgan fingerprint density at radius 2 is 1.88 bits per heavy atom. The Morgan fingerprint density at radius 3 is 2.48 bits per heavy atom. The lowest BCUT2D eigenvalue weighted by atomic mass is 10.1. The Labute approximate surface area is 161 Å². The number of amides is 1. The Morgan fingerprint density at radius 1 is 1.12 bits per heavy atom. The molecule has 1 atom stereocenters. The fraction of sp³-hybridized carbons (Fsp3) is 0.250. The number of halogens is 1. The van der Waals surface area contributed by atoms with Crippen molar-refractivity contribution in [2.24, 2.45) is 0 Å². The lowest BCUT2D eigenvalue weighted by Gasteiger charge is -2.29. The van der Waals surface area contributed by atoms with Gasteiger partial charge < -0.3 is 4.90 Å². The fourth-order valence-corrected chi connectivity index (χ4v) is 4.60. The molecule has 0 saturated heterocycles. The molecule has 130 valence electrons. The summed E-state index contributed by atoms with van der Waals surface area (Å²) in [5.74, 6) is 0.103. The molecule has 2 heterocycles. The van der Waals surface area contributed by atoms with Crippen LogP contribution in [0.1, 0.15) is 32.6 Å². The predicted octanol–water partition coefficient (Wildman–Crippen LogP) is 6.05. The Balaban J connectivity index is 1.85. The zero-order valence-electron chi connectivity index (χ0n) is 14.2. The zero-order chi connectivity index (χ0) is 17.8. The van der Waals surface area contributed by atoms with Gasteiger partial charge in [-0.2, -0.15) is 0 Å². The number of carbonyl (C=O) groups is 1. The van der Waals surface area contributed by atoms with E-state index >= 15 is 0 Å². The smallest absolute Gasteiger partial charge is 0.264 e. The van der Waals surface area contributed by atoms with E-state index in [1.807, 2.05) is 47.5 Å². The first-order valence-electron chi connectivity index (χ1n) is 8.16. The Kier molecular flexibility index (Phi) is 5.94. The highest BCUT2D eigenvalue weighted by Gasteiger charge is 2.24. The van der Waals surface area contributed by atoms with E-state index in [4.69, 9.17) is 11.6 Å². The fourth-order valence-electron chi connectivity index (χ4n) is 2.77. The average Bonchev–Trinajstić information content (AvgIpc) is 3.25. The highest BCUT2D eigenvalue weighted by molar-refractivity contribution is 7.12. The monoisotopic (exact) mass is 389 g/mol. The molecule has 0 bridgehead atoms. The van der Waals surface area contributed by atoms with Gasteiger partial charge in [0.1, 0.15) is 0 Å². The van der Waals surface area contributed by atoms with Gasteiger partial charge in [-0.05, 0) is 60.0 Å². The van der Waals surface area contributed by atoms with E-state index in [-0.39, 0.29) is 11.9 Å². The molecule has 25 heavy (non-hydrogen) atoms. The SMILES string of the molecule is Cc1ccsc1C(=O)N(Cc1ccc(Cl)cc1)C(C)Cc1cccs1. The third-order valence-electron chi connectivity index (χ3n) is 4.19. The molecule has 0 spiro atoms. The maximum Gasteiger partial charge on any atom is 0.264 e. The van der Waals surface area contributed by atoms with E-state index in [1.165, 1.54) is 16.2 Å². The first-order valence-corrected chi connectivity index (χ1v) is 10.3. The molecule has 0 aliphatic heterocycles. The molecule has 1 amide bonds. The minimum Gasteiger partial charge on any atom is -0.331 e. The van der Waals surface area contributed by atoms with Gasteiger partial charge in [-0.1, -0.05) is 29.8 Å². The molecule has 0 aliphatic rings. The van der Waals surface area contributed by atoms with Crippen molar-refractivity contribution in [3.8, 4) is 0 Å². The predicted molar refractivity (Wildman–Crippen MR) is 108 cm³/mol. The molecule has 3 rings (SSSR count). The van der Waals surface area contributed by atoms with Crippen molar-refractivity contribution in [3.05, 3.63) is 79.1 Å². The van der Waals surface area contributed by atoms with Crippen molar-refractivity contribution >= 4 is 40.2 Å². The summed E-state index contributed by atoms with van der Waals surface area (Å²) in [7, 11) is 0. The van der Waals surface area contributed by atoms with Gasteiger partial charge >= 0.3 is 0 Å². The minimum atomic E-state index is 0.103. The summed E-state index contributed by atoms with van der Waals surface area (Å²) >= 11 is 9.24. The number of rotatable bonds is 6. The van der Waals surface area contributed by atoms with Gasteiger partial charge in [0.2, 0.25) is 0 Å². The van der Waals surface area contributed by atoms with E-state index < -0.39 is 0 Å². The van der Waals surface area contributed by atoms with Crippen LogP contribution in [0.2, 0.25) is 5.02 Å². The molecule has 2 aromatic heterocycles. The molecule has 0 fully saturated rings. The van der Waals surface area contributed by atoms with Crippen LogP contribution < -0.4 is 0 Å². The minimum absolute atomic E-state index is 0.103. The van der Waals surface area contributed by atoms with Gasteiger partial charge in [-0.25, -0.2) is 0 Å². The Bertz CT molecular complexity index is 824. The molecule has 0 saturated carbocycles. The van der Waals surface area contributed by atoms with Crippen LogP contribution in [-0.2, 0) is 13.0 Å². The second kappa shape index (κ2) is 8.17. The van der Waals surface area contributed by atoms with Gasteiger partial charge in [0.15, 0.2) is 0 Å². The van der Waals surface area contributed by atoms with Crippen LogP contribution >= 0.6 is 34.3 Å². The van der Waals surface area contributed by atoms with Crippen molar-refractivity contribution < 1.29 is 4.79 Å². The largest absolute Gasteiger partial charge is 0.331 e.